The molecule has 1 amide bonds. The Kier molecular flexibility index (Phi) is 6.90. The van der Waals surface area contributed by atoms with E-state index in [0.29, 0.717) is 22.5 Å². The summed E-state index contributed by atoms with van der Waals surface area (Å²) in [5.41, 5.74) is 6.70. The van der Waals surface area contributed by atoms with Gasteiger partial charge in [0.05, 0.1) is 42.7 Å². The number of nitrogen functional groups attached to an aromatic ring is 1. The summed E-state index contributed by atoms with van der Waals surface area (Å²) in [5.74, 6) is 0. The topological polar surface area (TPSA) is 108 Å². The van der Waals surface area contributed by atoms with Crippen molar-refractivity contribution in [1.82, 2.24) is 24.9 Å². The maximum Gasteiger partial charge on any atom is 0.416 e. The molecular weight excluding hydrogens is 477 g/mol. The number of hydrogen-bond donors (Lipinski definition) is 1. The molecule has 1 aliphatic heterocycles. The third kappa shape index (κ3) is 6.11. The number of alkyl halides is 3. The van der Waals surface area contributed by atoms with Gasteiger partial charge in [-0.15, -0.1) is 5.10 Å². The Morgan fingerprint density at radius 3 is 2.50 bits per heavy atom. The lowest BCUT2D eigenvalue weighted by Crippen LogP contribution is -2.36. The van der Waals surface area contributed by atoms with Crippen LogP contribution in [0.4, 0.5) is 23.7 Å². The monoisotopic (exact) mass is 504 g/mol. The number of rotatable bonds is 5. The number of pyridine rings is 1. The fourth-order valence-corrected chi connectivity index (χ4v) is 3.81. The van der Waals surface area contributed by atoms with E-state index in [1.54, 1.807) is 43.9 Å². The Morgan fingerprint density at radius 1 is 1.14 bits per heavy atom. The van der Waals surface area contributed by atoms with Gasteiger partial charge in [-0.2, -0.15) is 13.2 Å². The van der Waals surface area contributed by atoms with Crippen LogP contribution in [-0.4, -0.2) is 55.8 Å². The average Bonchev–Trinajstić information content (AvgIpc) is 3.44. The second-order valence-corrected chi connectivity index (χ2v) is 9.59. The van der Waals surface area contributed by atoms with Crippen LogP contribution in [0.3, 0.4) is 0 Å². The fraction of sp³-hybridized carbons (Fsp3) is 0.417. The number of carbonyl (C=O) groups is 1. The van der Waals surface area contributed by atoms with Crippen molar-refractivity contribution in [3.8, 4) is 11.3 Å². The van der Waals surface area contributed by atoms with E-state index in [4.69, 9.17) is 15.2 Å². The molecular formula is C24H27F3N6O3. The molecule has 9 nitrogen and oxygen atoms in total. The van der Waals surface area contributed by atoms with Crippen molar-refractivity contribution >= 4 is 11.8 Å². The van der Waals surface area contributed by atoms with Gasteiger partial charge in [-0.1, -0.05) is 17.3 Å². The molecule has 0 spiro atoms. The first-order valence-electron chi connectivity index (χ1n) is 11.3. The van der Waals surface area contributed by atoms with Crippen LogP contribution in [0.2, 0.25) is 0 Å². The second kappa shape index (κ2) is 9.76. The molecule has 36 heavy (non-hydrogen) atoms. The minimum Gasteiger partial charge on any atom is -0.444 e. The van der Waals surface area contributed by atoms with E-state index in [-0.39, 0.29) is 19.7 Å². The number of ether oxygens (including phenoxy) is 2. The summed E-state index contributed by atoms with van der Waals surface area (Å²) in [6, 6.07) is 6.10. The molecule has 0 aliphatic carbocycles. The van der Waals surface area contributed by atoms with Crippen LogP contribution >= 0.6 is 0 Å². The van der Waals surface area contributed by atoms with Gasteiger partial charge in [0.2, 0.25) is 0 Å². The second-order valence-electron chi connectivity index (χ2n) is 9.59. The Balaban J connectivity index is 1.53. The highest BCUT2D eigenvalue weighted by atomic mass is 19.4. The molecule has 3 aromatic rings. The summed E-state index contributed by atoms with van der Waals surface area (Å²) in [5, 5.41) is 8.44. The molecule has 3 heterocycles. The quantitative estimate of drug-likeness (QED) is 0.551. The summed E-state index contributed by atoms with van der Waals surface area (Å²) in [7, 11) is 0. The maximum atomic E-state index is 12.9. The van der Waals surface area contributed by atoms with Crippen LogP contribution in [-0.2, 0) is 22.3 Å². The summed E-state index contributed by atoms with van der Waals surface area (Å²) in [4.78, 5) is 18.3. The van der Waals surface area contributed by atoms with E-state index >= 15 is 0 Å². The third-order valence-electron chi connectivity index (χ3n) is 5.54. The predicted molar refractivity (Wildman–Crippen MR) is 125 cm³/mol. The number of carbonyl (C=O) groups excluding carboxylic acids is 1. The number of halogens is 3. The molecule has 2 unspecified atom stereocenters. The SMILES string of the molecule is CC(C)(C)OC(=O)N1CC(OCc2ccc(C(F)(F)F)cc2)C(n2cc(-c3cncc(N)c3)nn2)C1. The zero-order chi connectivity index (χ0) is 26.1. The number of hydrogen-bond acceptors (Lipinski definition) is 7. The van der Waals surface area contributed by atoms with E-state index in [9.17, 15) is 18.0 Å². The van der Waals surface area contributed by atoms with Crippen LogP contribution in [0, 0.1) is 0 Å². The zero-order valence-electron chi connectivity index (χ0n) is 20.1. The molecule has 0 bridgehead atoms. The molecule has 1 aliphatic rings. The van der Waals surface area contributed by atoms with E-state index in [0.717, 1.165) is 12.1 Å². The summed E-state index contributed by atoms with van der Waals surface area (Å²) in [6.45, 7) is 5.86. The third-order valence-corrected chi connectivity index (χ3v) is 5.54. The van der Waals surface area contributed by atoms with Crippen molar-refractivity contribution in [2.24, 2.45) is 0 Å². The molecule has 192 valence electrons. The lowest BCUT2D eigenvalue weighted by molar-refractivity contribution is -0.137. The fourth-order valence-electron chi connectivity index (χ4n) is 3.81. The molecule has 0 radical (unpaired) electrons. The van der Waals surface area contributed by atoms with Crippen molar-refractivity contribution in [2.45, 2.75) is 51.3 Å². The lowest BCUT2D eigenvalue weighted by Gasteiger charge is -2.24. The smallest absolute Gasteiger partial charge is 0.416 e. The summed E-state index contributed by atoms with van der Waals surface area (Å²) < 4.78 is 51.8. The van der Waals surface area contributed by atoms with Crippen molar-refractivity contribution in [3.63, 3.8) is 0 Å². The zero-order valence-corrected chi connectivity index (χ0v) is 20.1. The number of nitrogens with two attached hydrogens (primary N) is 1. The predicted octanol–water partition coefficient (Wildman–Crippen LogP) is 4.32. The number of nitrogens with zero attached hydrogens (tertiary/aromatic N) is 5. The van der Waals surface area contributed by atoms with Gasteiger partial charge < -0.3 is 20.1 Å². The van der Waals surface area contributed by atoms with E-state index in [1.807, 2.05) is 0 Å². The molecule has 2 N–H and O–H groups in total. The Hall–Kier alpha value is -3.67. The van der Waals surface area contributed by atoms with Gasteiger partial charge in [0, 0.05) is 24.5 Å². The minimum absolute atomic E-state index is 0.0577. The maximum absolute atomic E-state index is 12.9. The molecule has 12 heteroatoms. The molecule has 0 saturated carbocycles. The molecule has 2 atom stereocenters. The Bertz CT molecular complexity index is 1210. The number of amides is 1. The highest BCUT2D eigenvalue weighted by molar-refractivity contribution is 5.68. The summed E-state index contributed by atoms with van der Waals surface area (Å²) in [6.07, 6.45) is -0.552. The van der Waals surface area contributed by atoms with Gasteiger partial charge in [0.15, 0.2) is 0 Å². The molecule has 4 rings (SSSR count). The number of aromatic nitrogens is 4. The van der Waals surface area contributed by atoms with E-state index in [1.165, 1.54) is 23.2 Å². The molecule has 1 saturated heterocycles. The van der Waals surface area contributed by atoms with Gasteiger partial charge in [-0.05, 0) is 44.5 Å². The van der Waals surface area contributed by atoms with Gasteiger partial charge in [-0.3, -0.25) is 4.98 Å². The first-order valence-corrected chi connectivity index (χ1v) is 11.3. The van der Waals surface area contributed by atoms with Crippen molar-refractivity contribution in [3.05, 3.63) is 60.0 Å². The van der Waals surface area contributed by atoms with Crippen LogP contribution in [0.5, 0.6) is 0 Å². The van der Waals surface area contributed by atoms with E-state index in [2.05, 4.69) is 15.3 Å². The Morgan fingerprint density at radius 2 is 1.86 bits per heavy atom. The highest BCUT2D eigenvalue weighted by Gasteiger charge is 2.40. The van der Waals surface area contributed by atoms with Crippen LogP contribution < -0.4 is 5.73 Å². The largest absolute Gasteiger partial charge is 0.444 e. The highest BCUT2D eigenvalue weighted by Crippen LogP contribution is 2.31. The lowest BCUT2D eigenvalue weighted by atomic mass is 10.1. The van der Waals surface area contributed by atoms with Gasteiger partial charge in [0.25, 0.3) is 0 Å². The normalized spacial score (nSPS) is 18.4. The van der Waals surface area contributed by atoms with Crippen LogP contribution in [0.15, 0.2) is 48.9 Å². The Labute approximate surface area is 206 Å². The average molecular weight is 505 g/mol. The minimum atomic E-state index is -4.41. The number of anilines is 1. The van der Waals surface area contributed by atoms with Gasteiger partial charge in [0.1, 0.15) is 11.3 Å². The van der Waals surface area contributed by atoms with Crippen LogP contribution in [0.1, 0.15) is 37.9 Å². The van der Waals surface area contributed by atoms with Crippen molar-refractivity contribution in [1.29, 1.82) is 0 Å². The first kappa shape index (κ1) is 25.4. The summed E-state index contributed by atoms with van der Waals surface area (Å²) >= 11 is 0. The standard InChI is InChI=1S/C24H27F3N6O3/c1-23(2,3)36-22(34)32-12-20(33-11-19(30-31-33)16-8-18(28)10-29-9-16)21(13-32)35-14-15-4-6-17(7-5-15)24(25,26)27/h4-11,20-21H,12-14,28H2,1-3H3. The van der Waals surface area contributed by atoms with E-state index < -0.39 is 35.6 Å². The first-order chi connectivity index (χ1) is 16.9. The van der Waals surface area contributed by atoms with Crippen molar-refractivity contribution < 1.29 is 27.4 Å². The van der Waals surface area contributed by atoms with Crippen molar-refractivity contribution in [2.75, 3.05) is 18.8 Å². The molecule has 2 aromatic heterocycles. The number of likely N-dealkylation sites (tertiary alicyclic amines) is 1. The molecule has 1 fully saturated rings. The molecule has 1 aromatic carbocycles. The van der Waals surface area contributed by atoms with Crippen LogP contribution in [0.25, 0.3) is 11.3 Å². The van der Waals surface area contributed by atoms with Gasteiger partial charge in [-0.25, -0.2) is 9.48 Å². The van der Waals surface area contributed by atoms with Gasteiger partial charge >= 0.3 is 12.3 Å². The number of benzene rings is 1.